The molecular formula is C8H16N2O4. The van der Waals surface area contributed by atoms with Crippen molar-refractivity contribution in [2.75, 3.05) is 6.61 Å². The Labute approximate surface area is 82.1 Å². The number of hydrogen-bond acceptors (Lipinski definition) is 4. The van der Waals surface area contributed by atoms with Gasteiger partial charge in [0.2, 0.25) is 5.91 Å². The minimum absolute atomic E-state index is 0.0697. The van der Waals surface area contributed by atoms with Crippen LogP contribution in [0.15, 0.2) is 0 Å². The van der Waals surface area contributed by atoms with Crippen LogP contribution in [0.1, 0.15) is 19.8 Å². The number of aliphatic hydroxyl groups excluding tert-OH is 1. The summed E-state index contributed by atoms with van der Waals surface area (Å²) in [7, 11) is 0. The van der Waals surface area contributed by atoms with Gasteiger partial charge < -0.3 is 21.3 Å². The van der Waals surface area contributed by atoms with Crippen molar-refractivity contribution in [3.63, 3.8) is 0 Å². The summed E-state index contributed by atoms with van der Waals surface area (Å²) in [6, 6.07) is -1.52. The predicted molar refractivity (Wildman–Crippen MR) is 49.5 cm³/mol. The zero-order valence-corrected chi connectivity index (χ0v) is 8.06. The number of hydrogen-bond donors (Lipinski definition) is 4. The van der Waals surface area contributed by atoms with Crippen molar-refractivity contribution in [1.29, 1.82) is 0 Å². The molecule has 6 nitrogen and oxygen atoms in total. The first-order chi connectivity index (χ1) is 6.51. The fourth-order valence-electron chi connectivity index (χ4n) is 0.821. The highest BCUT2D eigenvalue weighted by Gasteiger charge is 2.19. The summed E-state index contributed by atoms with van der Waals surface area (Å²) in [5, 5.41) is 19.3. The summed E-state index contributed by atoms with van der Waals surface area (Å²) in [6.07, 6.45) is 0.713. The maximum absolute atomic E-state index is 11.1. The third-order valence-corrected chi connectivity index (χ3v) is 1.79. The van der Waals surface area contributed by atoms with Gasteiger partial charge in [0.1, 0.15) is 6.04 Å². The minimum Gasteiger partial charge on any atom is -0.480 e. The maximum atomic E-state index is 11.1. The summed E-state index contributed by atoms with van der Waals surface area (Å²) in [4.78, 5) is 21.5. The van der Waals surface area contributed by atoms with Gasteiger partial charge in [0, 0.05) is 12.5 Å². The molecule has 0 saturated heterocycles. The lowest BCUT2D eigenvalue weighted by Gasteiger charge is -2.13. The van der Waals surface area contributed by atoms with E-state index < -0.39 is 24.5 Å². The fourth-order valence-corrected chi connectivity index (χ4v) is 0.821. The Hall–Kier alpha value is -1.14. The molecule has 0 radical (unpaired) electrons. The number of carbonyl (C=O) groups is 2. The maximum Gasteiger partial charge on any atom is 0.328 e. The second-order valence-corrected chi connectivity index (χ2v) is 3.01. The minimum atomic E-state index is -1.26. The molecule has 0 fully saturated rings. The molecule has 0 rings (SSSR count). The molecule has 0 aliphatic carbocycles. The van der Waals surface area contributed by atoms with Gasteiger partial charge in [0.25, 0.3) is 0 Å². The van der Waals surface area contributed by atoms with Crippen molar-refractivity contribution >= 4 is 11.9 Å². The highest BCUT2D eigenvalue weighted by molar-refractivity contribution is 5.83. The van der Waals surface area contributed by atoms with Gasteiger partial charge in [-0.2, -0.15) is 0 Å². The summed E-state index contributed by atoms with van der Waals surface area (Å²) in [5.41, 5.74) is 5.50. The van der Waals surface area contributed by atoms with E-state index in [9.17, 15) is 9.59 Å². The molecule has 6 heteroatoms. The van der Waals surface area contributed by atoms with Crippen molar-refractivity contribution in [3.05, 3.63) is 0 Å². The molecule has 14 heavy (non-hydrogen) atoms. The Morgan fingerprint density at radius 3 is 2.43 bits per heavy atom. The summed E-state index contributed by atoms with van der Waals surface area (Å²) < 4.78 is 0. The first-order valence-corrected chi connectivity index (χ1v) is 4.39. The highest BCUT2D eigenvalue weighted by Crippen LogP contribution is 1.94. The number of aliphatic carboxylic acids is 1. The Balaban J connectivity index is 3.97. The molecule has 0 aromatic carbocycles. The first-order valence-electron chi connectivity index (χ1n) is 4.39. The molecule has 2 unspecified atom stereocenters. The van der Waals surface area contributed by atoms with Gasteiger partial charge in [-0.05, 0) is 6.42 Å². The number of carboxylic acids is 1. The van der Waals surface area contributed by atoms with Crippen LogP contribution in [-0.4, -0.2) is 40.8 Å². The van der Waals surface area contributed by atoms with Crippen LogP contribution in [0.25, 0.3) is 0 Å². The monoisotopic (exact) mass is 204 g/mol. The highest BCUT2D eigenvalue weighted by atomic mass is 16.4. The van der Waals surface area contributed by atoms with Gasteiger partial charge in [-0.15, -0.1) is 0 Å². The van der Waals surface area contributed by atoms with Crippen LogP contribution in [0.5, 0.6) is 0 Å². The molecule has 5 N–H and O–H groups in total. The lowest BCUT2D eigenvalue weighted by atomic mass is 10.1. The van der Waals surface area contributed by atoms with Crippen LogP contribution >= 0.6 is 0 Å². The molecule has 82 valence electrons. The molecule has 0 aromatic heterocycles. The molecule has 0 aliphatic rings. The zero-order chi connectivity index (χ0) is 11.1. The van der Waals surface area contributed by atoms with Gasteiger partial charge in [0.15, 0.2) is 0 Å². The average molecular weight is 204 g/mol. The molecule has 2 atom stereocenters. The molecule has 0 aliphatic heterocycles. The normalized spacial score (nSPS) is 14.5. The smallest absolute Gasteiger partial charge is 0.328 e. The van der Waals surface area contributed by atoms with Gasteiger partial charge in [-0.25, -0.2) is 4.79 Å². The number of carbonyl (C=O) groups excluding carboxylic acids is 1. The average Bonchev–Trinajstić information content (AvgIpc) is 2.13. The van der Waals surface area contributed by atoms with Crippen molar-refractivity contribution in [1.82, 2.24) is 5.32 Å². The number of nitrogens with one attached hydrogen (secondary N) is 1. The largest absolute Gasteiger partial charge is 0.480 e. The predicted octanol–water partition coefficient (Wildman–Crippen LogP) is -1.32. The van der Waals surface area contributed by atoms with E-state index in [1.54, 1.807) is 0 Å². The van der Waals surface area contributed by atoms with Crippen LogP contribution < -0.4 is 11.1 Å². The number of amides is 1. The van der Waals surface area contributed by atoms with E-state index in [0.717, 1.165) is 0 Å². The lowest BCUT2D eigenvalue weighted by Crippen LogP contribution is -2.44. The van der Waals surface area contributed by atoms with E-state index in [4.69, 9.17) is 15.9 Å². The van der Waals surface area contributed by atoms with Gasteiger partial charge in [0.05, 0.1) is 6.61 Å². The number of carboxylic acid groups (broad SMARTS) is 1. The van der Waals surface area contributed by atoms with E-state index in [2.05, 4.69) is 5.32 Å². The van der Waals surface area contributed by atoms with Crippen molar-refractivity contribution in [2.45, 2.75) is 31.8 Å². The van der Waals surface area contributed by atoms with E-state index in [-0.39, 0.29) is 12.5 Å². The number of rotatable bonds is 6. The number of nitrogens with two attached hydrogens (primary N) is 1. The third-order valence-electron chi connectivity index (χ3n) is 1.79. The van der Waals surface area contributed by atoms with Gasteiger partial charge in [-0.3, -0.25) is 4.79 Å². The Bertz CT molecular complexity index is 208. The van der Waals surface area contributed by atoms with Crippen molar-refractivity contribution < 1.29 is 19.8 Å². The molecule has 0 heterocycles. The summed E-state index contributed by atoms with van der Waals surface area (Å²) in [5.74, 6) is -1.72. The SMILES string of the molecule is CCC(N)CC(=O)NC(CO)C(=O)O. The van der Waals surface area contributed by atoms with Crippen molar-refractivity contribution in [2.24, 2.45) is 5.73 Å². The Kier molecular flexibility index (Phi) is 5.82. The van der Waals surface area contributed by atoms with Crippen LogP contribution in [0.2, 0.25) is 0 Å². The summed E-state index contributed by atoms with van der Waals surface area (Å²) >= 11 is 0. The molecule has 0 bridgehead atoms. The van der Waals surface area contributed by atoms with Crippen LogP contribution in [0.3, 0.4) is 0 Å². The molecule has 0 spiro atoms. The van der Waals surface area contributed by atoms with E-state index in [0.29, 0.717) is 6.42 Å². The van der Waals surface area contributed by atoms with Crippen LogP contribution in [-0.2, 0) is 9.59 Å². The van der Waals surface area contributed by atoms with E-state index >= 15 is 0 Å². The van der Waals surface area contributed by atoms with E-state index in [1.807, 2.05) is 6.92 Å². The van der Waals surface area contributed by atoms with Gasteiger partial charge >= 0.3 is 5.97 Å². The Morgan fingerprint density at radius 1 is 1.50 bits per heavy atom. The van der Waals surface area contributed by atoms with Gasteiger partial charge in [-0.1, -0.05) is 6.92 Å². The molecular weight excluding hydrogens is 188 g/mol. The van der Waals surface area contributed by atoms with Crippen LogP contribution in [0.4, 0.5) is 0 Å². The second kappa shape index (κ2) is 6.33. The number of aliphatic hydroxyl groups is 1. The summed E-state index contributed by atoms with van der Waals surface area (Å²) in [6.45, 7) is 1.21. The second-order valence-electron chi connectivity index (χ2n) is 3.01. The van der Waals surface area contributed by atoms with E-state index in [1.165, 1.54) is 0 Å². The molecule has 1 amide bonds. The quantitative estimate of drug-likeness (QED) is 0.428. The third kappa shape index (κ3) is 4.78. The fraction of sp³-hybridized carbons (Fsp3) is 0.750. The Morgan fingerprint density at radius 2 is 2.07 bits per heavy atom. The molecule has 0 saturated carbocycles. The first kappa shape index (κ1) is 12.9. The standard InChI is InChI=1S/C8H16N2O4/c1-2-5(9)3-7(12)10-6(4-11)8(13)14/h5-6,11H,2-4,9H2,1H3,(H,10,12)(H,13,14). The van der Waals surface area contributed by atoms with Crippen LogP contribution in [0, 0.1) is 0 Å². The zero-order valence-electron chi connectivity index (χ0n) is 8.06. The molecule has 0 aromatic rings. The van der Waals surface area contributed by atoms with Crippen molar-refractivity contribution in [3.8, 4) is 0 Å². The lowest BCUT2D eigenvalue weighted by molar-refractivity contribution is -0.143. The topological polar surface area (TPSA) is 113 Å².